The highest BCUT2D eigenvalue weighted by atomic mass is 35.5. The highest BCUT2D eigenvalue weighted by Crippen LogP contribution is 2.26. The van der Waals surface area contributed by atoms with Gasteiger partial charge in [-0.1, -0.05) is 28.4 Å². The van der Waals surface area contributed by atoms with Gasteiger partial charge in [-0.25, -0.2) is 9.97 Å². The summed E-state index contributed by atoms with van der Waals surface area (Å²) < 4.78 is 5.15. The topological polar surface area (TPSA) is 90.7 Å². The first-order valence-electron chi connectivity index (χ1n) is 5.45. The second-order valence-corrected chi connectivity index (χ2v) is 5.58. The van der Waals surface area contributed by atoms with E-state index in [-0.39, 0.29) is 0 Å². The predicted molar refractivity (Wildman–Crippen MR) is 76.9 cm³/mol. The Hall–Kier alpha value is -1.70. The number of hydrogen-bond donors (Lipinski definition) is 1. The summed E-state index contributed by atoms with van der Waals surface area (Å²) in [6, 6.07) is 1.57. The zero-order chi connectivity index (χ0) is 14.1. The minimum absolute atomic E-state index is 0.310. The van der Waals surface area contributed by atoms with Gasteiger partial charge in [0.15, 0.2) is 5.13 Å². The quantitative estimate of drug-likeness (QED) is 0.794. The lowest BCUT2D eigenvalue weighted by atomic mass is 10.3. The van der Waals surface area contributed by atoms with Crippen LogP contribution in [-0.4, -0.2) is 20.1 Å². The monoisotopic (exact) mass is 327 g/mol. The molecule has 0 aliphatic heterocycles. The summed E-state index contributed by atoms with van der Waals surface area (Å²) in [5, 5.41) is 7.00. The molecule has 0 aromatic carbocycles. The van der Waals surface area contributed by atoms with Gasteiger partial charge in [-0.05, 0) is 6.07 Å². The lowest BCUT2D eigenvalue weighted by Crippen LogP contribution is -1.91. The number of nitrogens with zero attached hydrogens (tertiary/aromatic N) is 4. The number of thiazole rings is 1. The predicted octanol–water partition coefficient (Wildman–Crippen LogP) is 3.07. The van der Waals surface area contributed by atoms with Crippen molar-refractivity contribution in [1.82, 2.24) is 20.1 Å². The number of nitrogen functional groups attached to an aromatic ring is 1. The number of anilines is 1. The molecule has 3 heterocycles. The minimum Gasteiger partial charge on any atom is -0.375 e. The second-order valence-electron chi connectivity index (χ2n) is 3.85. The highest BCUT2D eigenvalue weighted by molar-refractivity contribution is 7.13. The van der Waals surface area contributed by atoms with E-state index in [4.69, 9.17) is 33.5 Å². The van der Waals surface area contributed by atoms with Gasteiger partial charge in [0.25, 0.3) is 0 Å². The van der Waals surface area contributed by atoms with E-state index in [1.54, 1.807) is 6.07 Å². The van der Waals surface area contributed by atoms with E-state index >= 15 is 0 Å². The van der Waals surface area contributed by atoms with Crippen LogP contribution in [0.25, 0.3) is 11.5 Å². The van der Waals surface area contributed by atoms with Gasteiger partial charge in [-0.15, -0.1) is 11.3 Å². The van der Waals surface area contributed by atoms with Crippen LogP contribution in [0.2, 0.25) is 10.0 Å². The summed E-state index contributed by atoms with van der Waals surface area (Å²) in [6.07, 6.45) is 1.88. The minimum atomic E-state index is 0.310. The molecule has 6 nitrogen and oxygen atoms in total. The average molecular weight is 328 g/mol. The van der Waals surface area contributed by atoms with E-state index < -0.39 is 0 Å². The van der Waals surface area contributed by atoms with Gasteiger partial charge in [-0.3, -0.25) is 0 Å². The molecule has 0 spiro atoms. The zero-order valence-electron chi connectivity index (χ0n) is 9.88. The van der Waals surface area contributed by atoms with Crippen molar-refractivity contribution in [3.8, 4) is 11.5 Å². The van der Waals surface area contributed by atoms with E-state index in [1.165, 1.54) is 17.5 Å². The van der Waals surface area contributed by atoms with Gasteiger partial charge in [0, 0.05) is 11.6 Å². The number of hydrogen-bond acceptors (Lipinski definition) is 7. The fourth-order valence-electron chi connectivity index (χ4n) is 1.56. The van der Waals surface area contributed by atoms with E-state index in [0.717, 1.165) is 5.69 Å². The lowest BCUT2D eigenvalue weighted by Gasteiger charge is -1.97. The molecule has 0 amide bonds. The van der Waals surface area contributed by atoms with Gasteiger partial charge in [-0.2, -0.15) is 4.98 Å². The number of halogens is 2. The van der Waals surface area contributed by atoms with Crippen LogP contribution in [0.3, 0.4) is 0 Å². The molecule has 20 heavy (non-hydrogen) atoms. The van der Waals surface area contributed by atoms with Crippen LogP contribution in [0.4, 0.5) is 5.13 Å². The summed E-state index contributed by atoms with van der Waals surface area (Å²) in [7, 11) is 0. The molecule has 0 radical (unpaired) electrons. The number of pyridine rings is 1. The van der Waals surface area contributed by atoms with Gasteiger partial charge < -0.3 is 10.3 Å². The van der Waals surface area contributed by atoms with E-state index in [9.17, 15) is 0 Å². The first-order valence-corrected chi connectivity index (χ1v) is 7.09. The molecule has 0 saturated carbocycles. The van der Waals surface area contributed by atoms with Crippen molar-refractivity contribution >= 4 is 39.7 Å². The fourth-order valence-corrected chi connectivity index (χ4v) is 2.59. The molecule has 0 unspecified atom stereocenters. The highest BCUT2D eigenvalue weighted by Gasteiger charge is 2.14. The van der Waals surface area contributed by atoms with Crippen molar-refractivity contribution in [2.75, 3.05) is 5.73 Å². The van der Waals surface area contributed by atoms with Crippen molar-refractivity contribution in [3.05, 3.63) is 39.3 Å². The smallest absolute Gasteiger partial charge is 0.233 e. The zero-order valence-corrected chi connectivity index (χ0v) is 12.2. The molecule has 102 valence electrons. The Balaban J connectivity index is 1.86. The largest absolute Gasteiger partial charge is 0.375 e. The Morgan fingerprint density at radius 1 is 1.30 bits per heavy atom. The third-order valence-electron chi connectivity index (χ3n) is 2.39. The molecular formula is C11H7Cl2N5OS. The molecule has 0 aliphatic rings. The number of nitrogens with two attached hydrogens (primary N) is 1. The Bertz CT molecular complexity index is 757. The average Bonchev–Trinajstić information content (AvgIpc) is 2.99. The van der Waals surface area contributed by atoms with Crippen LogP contribution in [-0.2, 0) is 6.42 Å². The summed E-state index contributed by atoms with van der Waals surface area (Å²) in [4.78, 5) is 12.4. The van der Waals surface area contributed by atoms with Crippen LogP contribution in [0, 0.1) is 0 Å². The molecule has 0 atom stereocenters. The lowest BCUT2D eigenvalue weighted by molar-refractivity contribution is 0.385. The van der Waals surface area contributed by atoms with Crippen LogP contribution in [0.1, 0.15) is 11.6 Å². The Kier molecular flexibility index (Phi) is 3.56. The van der Waals surface area contributed by atoms with Gasteiger partial charge in [0.1, 0.15) is 5.69 Å². The van der Waals surface area contributed by atoms with Gasteiger partial charge in [0.05, 0.1) is 22.2 Å². The molecule has 3 aromatic rings. The Morgan fingerprint density at radius 3 is 2.85 bits per heavy atom. The third kappa shape index (κ3) is 2.74. The van der Waals surface area contributed by atoms with Crippen molar-refractivity contribution in [1.29, 1.82) is 0 Å². The molecule has 0 fully saturated rings. The van der Waals surface area contributed by atoms with Crippen molar-refractivity contribution < 1.29 is 4.52 Å². The molecule has 3 rings (SSSR count). The third-order valence-corrected chi connectivity index (χ3v) is 3.61. The number of rotatable bonds is 3. The maximum absolute atomic E-state index is 6.04. The Labute approximate surface area is 127 Å². The molecule has 9 heteroatoms. The SMILES string of the molecule is Nc1nc(Cc2nc(-c3ncc(Cl)cc3Cl)no2)cs1. The van der Waals surface area contributed by atoms with E-state index in [1.807, 2.05) is 5.38 Å². The molecule has 0 saturated heterocycles. The van der Waals surface area contributed by atoms with Gasteiger partial charge >= 0.3 is 0 Å². The van der Waals surface area contributed by atoms with Gasteiger partial charge in [0.2, 0.25) is 11.7 Å². The van der Waals surface area contributed by atoms with Crippen molar-refractivity contribution in [2.24, 2.45) is 0 Å². The summed E-state index contributed by atoms with van der Waals surface area (Å²) >= 11 is 13.2. The summed E-state index contributed by atoms with van der Waals surface area (Å²) in [5.41, 5.74) is 6.76. The number of aromatic nitrogens is 4. The Morgan fingerprint density at radius 2 is 2.15 bits per heavy atom. The van der Waals surface area contributed by atoms with Crippen molar-refractivity contribution in [3.63, 3.8) is 0 Å². The normalized spacial score (nSPS) is 10.9. The van der Waals surface area contributed by atoms with Crippen molar-refractivity contribution in [2.45, 2.75) is 6.42 Å². The standard InChI is InChI=1S/C11H7Cl2N5OS/c12-5-1-7(13)9(15-3-5)10-17-8(19-18-10)2-6-4-20-11(14)16-6/h1,3-4H,2H2,(H2,14,16). The van der Waals surface area contributed by atoms with Crippen LogP contribution in [0.15, 0.2) is 22.2 Å². The molecule has 0 bridgehead atoms. The maximum atomic E-state index is 6.04. The fraction of sp³-hybridized carbons (Fsp3) is 0.0909. The van der Waals surface area contributed by atoms with Crippen LogP contribution >= 0.6 is 34.5 Å². The molecule has 0 aliphatic carbocycles. The molecule has 3 aromatic heterocycles. The molecular weight excluding hydrogens is 321 g/mol. The first kappa shape index (κ1) is 13.3. The molecule has 2 N–H and O–H groups in total. The van der Waals surface area contributed by atoms with E-state index in [0.29, 0.717) is 39.0 Å². The van der Waals surface area contributed by atoms with Crippen LogP contribution < -0.4 is 5.73 Å². The summed E-state index contributed by atoms with van der Waals surface area (Å²) in [5.74, 6) is 0.725. The van der Waals surface area contributed by atoms with E-state index in [2.05, 4.69) is 20.1 Å². The maximum Gasteiger partial charge on any atom is 0.233 e. The second kappa shape index (κ2) is 5.35. The van der Waals surface area contributed by atoms with Crippen LogP contribution in [0.5, 0.6) is 0 Å². The summed E-state index contributed by atoms with van der Waals surface area (Å²) in [6.45, 7) is 0. The first-order chi connectivity index (χ1) is 9.61.